The number of amides is 1. The minimum Gasteiger partial charge on any atom is -0.321 e. The van der Waals surface area contributed by atoms with Crippen molar-refractivity contribution in [3.8, 4) is 5.69 Å². The molecule has 0 radical (unpaired) electrons. The Labute approximate surface area is 131 Å². The molecule has 23 heavy (non-hydrogen) atoms. The smallest absolute Gasteiger partial charge is 0.255 e. The van der Waals surface area contributed by atoms with E-state index >= 15 is 0 Å². The third kappa shape index (κ3) is 3.35. The van der Waals surface area contributed by atoms with E-state index in [1.807, 2.05) is 18.2 Å². The van der Waals surface area contributed by atoms with Gasteiger partial charge in [-0.15, -0.1) is 0 Å². The van der Waals surface area contributed by atoms with Crippen LogP contribution in [0.25, 0.3) is 5.69 Å². The summed E-state index contributed by atoms with van der Waals surface area (Å²) in [7, 11) is 0. The van der Waals surface area contributed by atoms with Crippen LogP contribution in [0.4, 0.5) is 10.1 Å². The SMILES string of the molecule is O=C(Nc1ccc(=O)n(-c2ccccc2)c1)c1cccc(F)c1. The van der Waals surface area contributed by atoms with Gasteiger partial charge in [0.05, 0.1) is 5.69 Å². The molecular weight excluding hydrogens is 295 g/mol. The van der Waals surface area contributed by atoms with Crippen LogP contribution in [-0.4, -0.2) is 10.5 Å². The summed E-state index contributed by atoms with van der Waals surface area (Å²) in [5, 5.41) is 2.66. The van der Waals surface area contributed by atoms with Crippen LogP contribution in [0.2, 0.25) is 0 Å². The first-order chi connectivity index (χ1) is 11.1. The molecule has 114 valence electrons. The number of hydrogen-bond donors (Lipinski definition) is 1. The van der Waals surface area contributed by atoms with Gasteiger partial charge in [0.1, 0.15) is 5.82 Å². The summed E-state index contributed by atoms with van der Waals surface area (Å²) in [6.07, 6.45) is 1.54. The molecule has 0 atom stereocenters. The van der Waals surface area contributed by atoms with Crippen LogP contribution in [-0.2, 0) is 0 Å². The molecule has 3 aromatic rings. The molecule has 2 aromatic carbocycles. The van der Waals surface area contributed by atoms with Gasteiger partial charge in [-0.2, -0.15) is 0 Å². The minimum atomic E-state index is -0.480. The van der Waals surface area contributed by atoms with Gasteiger partial charge in [-0.05, 0) is 36.4 Å². The van der Waals surface area contributed by atoms with Crippen molar-refractivity contribution in [3.05, 3.63) is 94.7 Å². The van der Waals surface area contributed by atoms with E-state index in [0.29, 0.717) is 11.4 Å². The fourth-order valence-corrected chi connectivity index (χ4v) is 2.18. The van der Waals surface area contributed by atoms with Crippen molar-refractivity contribution in [2.75, 3.05) is 5.32 Å². The molecule has 4 nitrogen and oxygen atoms in total. The molecule has 0 aliphatic carbocycles. The van der Waals surface area contributed by atoms with Crippen molar-refractivity contribution in [1.82, 2.24) is 4.57 Å². The van der Waals surface area contributed by atoms with Crippen LogP contribution < -0.4 is 10.9 Å². The first-order valence-corrected chi connectivity index (χ1v) is 6.98. The van der Waals surface area contributed by atoms with Crippen molar-refractivity contribution < 1.29 is 9.18 Å². The fourth-order valence-electron chi connectivity index (χ4n) is 2.18. The number of para-hydroxylation sites is 1. The molecule has 0 aliphatic heterocycles. The van der Waals surface area contributed by atoms with Gasteiger partial charge in [0.15, 0.2) is 0 Å². The number of nitrogens with one attached hydrogen (secondary N) is 1. The highest BCUT2D eigenvalue weighted by atomic mass is 19.1. The van der Waals surface area contributed by atoms with Gasteiger partial charge < -0.3 is 5.32 Å². The predicted octanol–water partition coefficient (Wildman–Crippen LogP) is 3.23. The molecule has 0 spiro atoms. The minimum absolute atomic E-state index is 0.208. The number of halogens is 1. The quantitative estimate of drug-likeness (QED) is 0.807. The van der Waals surface area contributed by atoms with Gasteiger partial charge in [-0.25, -0.2) is 4.39 Å². The Morgan fingerprint density at radius 1 is 0.957 bits per heavy atom. The number of pyridine rings is 1. The zero-order chi connectivity index (χ0) is 16.2. The molecule has 1 aromatic heterocycles. The number of hydrogen-bond acceptors (Lipinski definition) is 2. The molecule has 0 bridgehead atoms. The van der Waals surface area contributed by atoms with E-state index < -0.39 is 11.7 Å². The summed E-state index contributed by atoms with van der Waals surface area (Å²) in [6, 6.07) is 17.4. The fraction of sp³-hybridized carbons (Fsp3) is 0. The van der Waals surface area contributed by atoms with E-state index in [2.05, 4.69) is 5.32 Å². The molecule has 1 N–H and O–H groups in total. The molecule has 0 saturated heterocycles. The molecule has 0 aliphatic rings. The molecule has 0 fully saturated rings. The second-order valence-electron chi connectivity index (χ2n) is 4.93. The zero-order valence-corrected chi connectivity index (χ0v) is 12.1. The van der Waals surface area contributed by atoms with Crippen LogP contribution in [0.3, 0.4) is 0 Å². The number of carbonyl (C=O) groups is 1. The lowest BCUT2D eigenvalue weighted by Gasteiger charge is -2.09. The number of anilines is 1. The number of carbonyl (C=O) groups excluding carboxylic acids is 1. The van der Waals surface area contributed by atoms with Gasteiger partial charge >= 0.3 is 0 Å². The maximum Gasteiger partial charge on any atom is 0.255 e. The van der Waals surface area contributed by atoms with E-state index in [0.717, 1.165) is 6.07 Å². The molecule has 5 heteroatoms. The third-order valence-electron chi connectivity index (χ3n) is 3.29. The largest absolute Gasteiger partial charge is 0.321 e. The van der Waals surface area contributed by atoms with Gasteiger partial charge in [-0.1, -0.05) is 24.3 Å². The Hall–Kier alpha value is -3.21. The summed E-state index contributed by atoms with van der Waals surface area (Å²) in [4.78, 5) is 24.1. The summed E-state index contributed by atoms with van der Waals surface area (Å²) >= 11 is 0. The number of rotatable bonds is 3. The standard InChI is InChI=1S/C18H13FN2O2/c19-14-6-4-5-13(11-14)18(23)20-15-9-10-17(22)21(12-15)16-7-2-1-3-8-16/h1-12H,(H,20,23). The molecule has 1 amide bonds. The Morgan fingerprint density at radius 2 is 1.74 bits per heavy atom. The maximum absolute atomic E-state index is 13.2. The lowest BCUT2D eigenvalue weighted by molar-refractivity contribution is 0.102. The molecule has 0 saturated carbocycles. The molecule has 1 heterocycles. The average Bonchev–Trinajstić information content (AvgIpc) is 2.57. The van der Waals surface area contributed by atoms with Crippen LogP contribution >= 0.6 is 0 Å². The summed E-state index contributed by atoms with van der Waals surface area (Å²) < 4.78 is 14.6. The van der Waals surface area contributed by atoms with E-state index in [-0.39, 0.29) is 11.1 Å². The summed E-state index contributed by atoms with van der Waals surface area (Å²) in [6.45, 7) is 0. The van der Waals surface area contributed by atoms with Gasteiger partial charge in [0.2, 0.25) is 0 Å². The maximum atomic E-state index is 13.2. The molecular formula is C18H13FN2O2. The van der Waals surface area contributed by atoms with Gasteiger partial charge in [0, 0.05) is 23.5 Å². The van der Waals surface area contributed by atoms with E-state index in [9.17, 15) is 14.0 Å². The highest BCUT2D eigenvalue weighted by Crippen LogP contribution is 2.11. The highest BCUT2D eigenvalue weighted by Gasteiger charge is 2.08. The predicted molar refractivity (Wildman–Crippen MR) is 86.4 cm³/mol. The second kappa shape index (κ2) is 6.27. The first-order valence-electron chi connectivity index (χ1n) is 6.98. The third-order valence-corrected chi connectivity index (χ3v) is 3.29. The van der Waals surface area contributed by atoms with Crippen molar-refractivity contribution in [2.45, 2.75) is 0 Å². The molecule has 3 rings (SSSR count). The highest BCUT2D eigenvalue weighted by molar-refractivity contribution is 6.04. The topological polar surface area (TPSA) is 51.1 Å². The number of aromatic nitrogens is 1. The first kappa shape index (κ1) is 14.7. The Bertz CT molecular complexity index is 904. The lowest BCUT2D eigenvalue weighted by atomic mass is 10.2. The van der Waals surface area contributed by atoms with Crippen molar-refractivity contribution in [2.24, 2.45) is 0 Å². The zero-order valence-electron chi connectivity index (χ0n) is 12.1. The molecule has 0 unspecified atom stereocenters. The average molecular weight is 308 g/mol. The van der Waals surface area contributed by atoms with Gasteiger partial charge in [-0.3, -0.25) is 14.2 Å². The van der Waals surface area contributed by atoms with Crippen LogP contribution in [0.1, 0.15) is 10.4 Å². The number of nitrogens with zero attached hydrogens (tertiary/aromatic N) is 1. The number of benzene rings is 2. The van der Waals surface area contributed by atoms with E-state index in [4.69, 9.17) is 0 Å². The van der Waals surface area contributed by atoms with Crippen LogP contribution in [0.15, 0.2) is 77.7 Å². The Balaban J connectivity index is 1.90. The van der Waals surface area contributed by atoms with Crippen molar-refractivity contribution in [3.63, 3.8) is 0 Å². The summed E-state index contributed by atoms with van der Waals surface area (Å²) in [5.41, 5.74) is 1.14. The normalized spacial score (nSPS) is 10.3. The van der Waals surface area contributed by atoms with Crippen molar-refractivity contribution in [1.29, 1.82) is 0 Å². The van der Waals surface area contributed by atoms with Crippen LogP contribution in [0.5, 0.6) is 0 Å². The monoisotopic (exact) mass is 308 g/mol. The summed E-state index contributed by atoms with van der Waals surface area (Å²) in [5.74, 6) is -0.922. The van der Waals surface area contributed by atoms with Crippen molar-refractivity contribution >= 4 is 11.6 Å². The lowest BCUT2D eigenvalue weighted by Crippen LogP contribution is -2.19. The van der Waals surface area contributed by atoms with E-state index in [1.54, 1.807) is 12.1 Å². The van der Waals surface area contributed by atoms with E-state index in [1.165, 1.54) is 41.1 Å². The Morgan fingerprint density at radius 3 is 2.48 bits per heavy atom. The Kier molecular flexibility index (Phi) is 4.01. The van der Waals surface area contributed by atoms with Crippen LogP contribution in [0, 0.1) is 5.82 Å². The van der Waals surface area contributed by atoms with Gasteiger partial charge in [0.25, 0.3) is 11.5 Å². The second-order valence-corrected chi connectivity index (χ2v) is 4.93.